The van der Waals surface area contributed by atoms with Crippen molar-refractivity contribution in [3.63, 3.8) is 0 Å². The molecule has 0 heterocycles. The number of halogens is 1. The summed E-state index contributed by atoms with van der Waals surface area (Å²) < 4.78 is 45.0. The molecule has 0 aliphatic rings. The van der Waals surface area contributed by atoms with E-state index in [2.05, 4.69) is 4.72 Å². The standard InChI is InChI=1S/C13H21FN2O3S/c1-2-7-19-8-3-6-16-20(17,18)13-9-12(14)5-4-11(13)10-15/h4-5,9,16H,2-3,6-8,10,15H2,1H3. The molecule has 0 saturated heterocycles. The third-order valence-electron chi connectivity index (χ3n) is 2.64. The molecule has 0 aliphatic carbocycles. The van der Waals surface area contributed by atoms with Crippen molar-refractivity contribution < 1.29 is 17.5 Å². The highest BCUT2D eigenvalue weighted by Gasteiger charge is 2.18. The summed E-state index contributed by atoms with van der Waals surface area (Å²) in [4.78, 5) is -0.102. The van der Waals surface area contributed by atoms with Crippen molar-refractivity contribution in [2.75, 3.05) is 19.8 Å². The molecule has 5 nitrogen and oxygen atoms in total. The van der Waals surface area contributed by atoms with E-state index in [-0.39, 0.29) is 18.0 Å². The largest absolute Gasteiger partial charge is 0.381 e. The van der Waals surface area contributed by atoms with Crippen molar-refractivity contribution in [1.82, 2.24) is 4.72 Å². The monoisotopic (exact) mass is 304 g/mol. The number of benzene rings is 1. The molecule has 0 amide bonds. The summed E-state index contributed by atoms with van der Waals surface area (Å²) in [5, 5.41) is 0. The van der Waals surface area contributed by atoms with Gasteiger partial charge in [0, 0.05) is 26.3 Å². The van der Waals surface area contributed by atoms with Gasteiger partial charge < -0.3 is 10.5 Å². The first kappa shape index (κ1) is 17.0. The van der Waals surface area contributed by atoms with Crippen LogP contribution >= 0.6 is 0 Å². The van der Waals surface area contributed by atoms with E-state index in [1.54, 1.807) is 0 Å². The van der Waals surface area contributed by atoms with Crippen molar-refractivity contribution in [3.05, 3.63) is 29.6 Å². The summed E-state index contributed by atoms with van der Waals surface area (Å²) in [6.07, 6.45) is 1.49. The lowest BCUT2D eigenvalue weighted by Gasteiger charge is -2.10. The van der Waals surface area contributed by atoms with Crippen LogP contribution in [0.5, 0.6) is 0 Å². The molecule has 0 aromatic heterocycles. The van der Waals surface area contributed by atoms with Crippen LogP contribution in [0.25, 0.3) is 0 Å². The Hall–Kier alpha value is -1.02. The van der Waals surface area contributed by atoms with Crippen LogP contribution in [0.15, 0.2) is 23.1 Å². The molecule has 0 saturated carbocycles. The molecule has 0 aliphatic heterocycles. The van der Waals surface area contributed by atoms with E-state index in [1.807, 2.05) is 6.92 Å². The highest BCUT2D eigenvalue weighted by Crippen LogP contribution is 2.16. The Kier molecular flexibility index (Phi) is 7.08. The summed E-state index contributed by atoms with van der Waals surface area (Å²) in [7, 11) is -3.74. The first-order valence-corrected chi connectivity index (χ1v) is 8.05. The van der Waals surface area contributed by atoms with E-state index in [9.17, 15) is 12.8 Å². The van der Waals surface area contributed by atoms with Crippen LogP contribution in [0.2, 0.25) is 0 Å². The van der Waals surface area contributed by atoms with Gasteiger partial charge in [-0.05, 0) is 30.5 Å². The first-order valence-electron chi connectivity index (χ1n) is 6.57. The third kappa shape index (κ3) is 5.16. The maximum absolute atomic E-state index is 13.2. The minimum Gasteiger partial charge on any atom is -0.381 e. The Morgan fingerprint density at radius 1 is 1.35 bits per heavy atom. The Morgan fingerprint density at radius 2 is 2.10 bits per heavy atom. The molecule has 0 radical (unpaired) electrons. The van der Waals surface area contributed by atoms with Crippen LogP contribution in [0, 0.1) is 5.82 Å². The van der Waals surface area contributed by atoms with Gasteiger partial charge in [0.25, 0.3) is 0 Å². The molecule has 0 unspecified atom stereocenters. The zero-order valence-electron chi connectivity index (χ0n) is 11.6. The molecular weight excluding hydrogens is 283 g/mol. The SMILES string of the molecule is CCCOCCCNS(=O)(=O)c1cc(F)ccc1CN. The molecule has 3 N–H and O–H groups in total. The molecule has 0 atom stereocenters. The smallest absolute Gasteiger partial charge is 0.240 e. The predicted octanol–water partition coefficient (Wildman–Crippen LogP) is 1.38. The van der Waals surface area contributed by atoms with Gasteiger partial charge in [-0.1, -0.05) is 13.0 Å². The number of ether oxygens (including phenoxy) is 1. The predicted molar refractivity (Wildman–Crippen MR) is 75.2 cm³/mol. The van der Waals surface area contributed by atoms with Crippen LogP contribution < -0.4 is 10.5 Å². The minimum absolute atomic E-state index is 0.0378. The average molecular weight is 304 g/mol. The van der Waals surface area contributed by atoms with E-state index in [0.29, 0.717) is 25.2 Å². The van der Waals surface area contributed by atoms with Gasteiger partial charge in [0.2, 0.25) is 10.0 Å². The van der Waals surface area contributed by atoms with Crippen molar-refractivity contribution in [3.8, 4) is 0 Å². The van der Waals surface area contributed by atoms with Crippen molar-refractivity contribution in [2.45, 2.75) is 31.2 Å². The maximum atomic E-state index is 13.2. The number of nitrogens with one attached hydrogen (secondary N) is 1. The molecule has 0 fully saturated rings. The molecule has 0 spiro atoms. The molecule has 7 heteroatoms. The van der Waals surface area contributed by atoms with E-state index < -0.39 is 15.8 Å². The van der Waals surface area contributed by atoms with E-state index in [4.69, 9.17) is 10.5 Å². The molecule has 114 valence electrons. The van der Waals surface area contributed by atoms with Gasteiger partial charge in [0.1, 0.15) is 5.82 Å². The van der Waals surface area contributed by atoms with E-state index in [1.165, 1.54) is 12.1 Å². The summed E-state index contributed by atoms with van der Waals surface area (Å²) in [6.45, 7) is 3.43. The van der Waals surface area contributed by atoms with Gasteiger partial charge in [-0.3, -0.25) is 0 Å². The second-order valence-corrected chi connectivity index (χ2v) is 6.06. The third-order valence-corrected chi connectivity index (χ3v) is 4.19. The molecule has 0 bridgehead atoms. The Balaban J connectivity index is 2.62. The summed E-state index contributed by atoms with van der Waals surface area (Å²) in [6, 6.07) is 3.56. The van der Waals surface area contributed by atoms with Gasteiger partial charge in [-0.2, -0.15) is 0 Å². The lowest BCUT2D eigenvalue weighted by molar-refractivity contribution is 0.133. The molecule has 1 aromatic carbocycles. The summed E-state index contributed by atoms with van der Waals surface area (Å²) in [5.41, 5.74) is 5.86. The number of rotatable bonds is 9. The quantitative estimate of drug-likeness (QED) is 0.675. The van der Waals surface area contributed by atoms with Gasteiger partial charge in [0.15, 0.2) is 0 Å². The van der Waals surface area contributed by atoms with Crippen molar-refractivity contribution >= 4 is 10.0 Å². The highest BCUT2D eigenvalue weighted by atomic mass is 32.2. The van der Waals surface area contributed by atoms with Gasteiger partial charge >= 0.3 is 0 Å². The van der Waals surface area contributed by atoms with Gasteiger partial charge in [0.05, 0.1) is 4.90 Å². The van der Waals surface area contributed by atoms with Crippen LogP contribution in [0.4, 0.5) is 4.39 Å². The summed E-state index contributed by atoms with van der Waals surface area (Å²) >= 11 is 0. The Labute approximate surface area is 119 Å². The highest BCUT2D eigenvalue weighted by molar-refractivity contribution is 7.89. The fourth-order valence-corrected chi connectivity index (χ4v) is 2.98. The van der Waals surface area contributed by atoms with Crippen LogP contribution in [-0.2, 0) is 21.3 Å². The fourth-order valence-electron chi connectivity index (χ4n) is 1.65. The molecule has 1 rings (SSSR count). The van der Waals surface area contributed by atoms with Crippen LogP contribution in [0.1, 0.15) is 25.3 Å². The maximum Gasteiger partial charge on any atom is 0.240 e. The topological polar surface area (TPSA) is 81.4 Å². The lowest BCUT2D eigenvalue weighted by atomic mass is 10.2. The normalized spacial score (nSPS) is 11.8. The number of nitrogens with two attached hydrogens (primary N) is 1. The number of sulfonamides is 1. The van der Waals surface area contributed by atoms with Crippen LogP contribution in [-0.4, -0.2) is 28.2 Å². The average Bonchev–Trinajstić information content (AvgIpc) is 2.42. The van der Waals surface area contributed by atoms with Crippen LogP contribution in [0.3, 0.4) is 0 Å². The van der Waals surface area contributed by atoms with Gasteiger partial charge in [-0.25, -0.2) is 17.5 Å². The lowest BCUT2D eigenvalue weighted by Crippen LogP contribution is -2.27. The zero-order valence-corrected chi connectivity index (χ0v) is 12.4. The number of hydrogen-bond donors (Lipinski definition) is 2. The minimum atomic E-state index is -3.74. The first-order chi connectivity index (χ1) is 9.51. The number of hydrogen-bond acceptors (Lipinski definition) is 4. The second kappa shape index (κ2) is 8.31. The van der Waals surface area contributed by atoms with Crippen molar-refractivity contribution in [2.24, 2.45) is 5.73 Å². The van der Waals surface area contributed by atoms with E-state index in [0.717, 1.165) is 12.5 Å². The van der Waals surface area contributed by atoms with E-state index >= 15 is 0 Å². The Bertz CT molecular complexity index is 520. The summed E-state index contributed by atoms with van der Waals surface area (Å²) in [5.74, 6) is -0.603. The molecule has 1 aromatic rings. The zero-order chi connectivity index (χ0) is 15.0. The Morgan fingerprint density at radius 3 is 2.75 bits per heavy atom. The fraction of sp³-hybridized carbons (Fsp3) is 0.538. The second-order valence-electron chi connectivity index (χ2n) is 4.32. The molecular formula is C13H21FN2O3S. The molecule has 20 heavy (non-hydrogen) atoms. The van der Waals surface area contributed by atoms with Crippen molar-refractivity contribution in [1.29, 1.82) is 0 Å². The van der Waals surface area contributed by atoms with Gasteiger partial charge in [-0.15, -0.1) is 0 Å².